The Morgan fingerprint density at radius 2 is 1.84 bits per heavy atom. The lowest BCUT2D eigenvalue weighted by atomic mass is 9.97. The lowest BCUT2D eigenvalue weighted by Gasteiger charge is -2.33. The van der Waals surface area contributed by atoms with Crippen LogP contribution in [0.3, 0.4) is 0 Å². The number of hydrogen-bond acceptors (Lipinski definition) is 5. The number of carbonyl (C=O) groups excluding carboxylic acids is 1. The number of methoxy groups -OCH3 is 1. The van der Waals surface area contributed by atoms with Crippen molar-refractivity contribution in [1.82, 2.24) is 19.6 Å². The Morgan fingerprint density at radius 3 is 2.42 bits per heavy atom. The number of nitrogens with one attached hydrogen (secondary N) is 1. The molecular formula is C20H23ClF3N5O2. The minimum atomic E-state index is -4.55. The van der Waals surface area contributed by atoms with Crippen LogP contribution in [-0.4, -0.2) is 72.0 Å². The van der Waals surface area contributed by atoms with E-state index < -0.39 is 24.2 Å². The third-order valence-electron chi connectivity index (χ3n) is 5.81. The van der Waals surface area contributed by atoms with Gasteiger partial charge in [0, 0.05) is 32.6 Å². The fraction of sp³-hybridized carbons (Fsp3) is 0.500. The van der Waals surface area contributed by atoms with Crippen LogP contribution in [0.1, 0.15) is 34.6 Å². The van der Waals surface area contributed by atoms with E-state index in [-0.39, 0.29) is 23.0 Å². The van der Waals surface area contributed by atoms with Gasteiger partial charge in [-0.05, 0) is 24.7 Å². The number of anilines is 1. The summed E-state index contributed by atoms with van der Waals surface area (Å²) in [7, 11) is 3.46. The SMILES string of the molecule is COc1ccc([C@H]2C[C@H](C(F)(F)F)n3nc(C(=O)N4CCN(C)CC4)c(Cl)c3N2)cc1. The van der Waals surface area contributed by atoms with Gasteiger partial charge in [0.1, 0.15) is 16.6 Å². The second kappa shape index (κ2) is 8.23. The molecule has 0 spiro atoms. The Hall–Kier alpha value is -2.46. The van der Waals surface area contributed by atoms with Crippen molar-refractivity contribution in [2.45, 2.75) is 24.7 Å². The zero-order chi connectivity index (χ0) is 22.3. The summed E-state index contributed by atoms with van der Waals surface area (Å²) in [6.45, 7) is 2.30. The molecule has 1 fully saturated rings. The Labute approximate surface area is 182 Å². The first kappa shape index (κ1) is 21.8. The molecule has 4 rings (SSSR count). The summed E-state index contributed by atoms with van der Waals surface area (Å²) in [5.74, 6) is 0.160. The number of likely N-dealkylation sites (N-methyl/N-ethyl adjacent to an activating group) is 1. The first-order valence-electron chi connectivity index (χ1n) is 9.92. The lowest BCUT2D eigenvalue weighted by molar-refractivity contribution is -0.173. The van der Waals surface area contributed by atoms with E-state index >= 15 is 0 Å². The topological polar surface area (TPSA) is 62.6 Å². The number of rotatable bonds is 3. The summed E-state index contributed by atoms with van der Waals surface area (Å²) >= 11 is 6.41. The summed E-state index contributed by atoms with van der Waals surface area (Å²) in [6, 6.07) is 4.25. The van der Waals surface area contributed by atoms with Gasteiger partial charge in [0.15, 0.2) is 11.7 Å². The van der Waals surface area contributed by atoms with Gasteiger partial charge in [-0.25, -0.2) is 4.68 Å². The van der Waals surface area contributed by atoms with Crippen LogP contribution in [0.4, 0.5) is 19.0 Å². The average Bonchev–Trinajstić information content (AvgIpc) is 3.09. The average molecular weight is 458 g/mol. The smallest absolute Gasteiger partial charge is 0.410 e. The number of hydrogen-bond donors (Lipinski definition) is 1. The Kier molecular flexibility index (Phi) is 5.78. The maximum Gasteiger partial charge on any atom is 0.410 e. The van der Waals surface area contributed by atoms with E-state index in [1.165, 1.54) is 7.11 Å². The van der Waals surface area contributed by atoms with Crippen molar-refractivity contribution in [2.75, 3.05) is 45.7 Å². The fourth-order valence-corrected chi connectivity index (χ4v) is 4.20. The minimum absolute atomic E-state index is 0.00790. The number of aromatic nitrogens is 2. The van der Waals surface area contributed by atoms with Gasteiger partial charge in [0.05, 0.1) is 13.2 Å². The minimum Gasteiger partial charge on any atom is -0.497 e. The maximum atomic E-state index is 13.9. The van der Waals surface area contributed by atoms with Crippen molar-refractivity contribution >= 4 is 23.3 Å². The van der Waals surface area contributed by atoms with E-state index in [0.29, 0.717) is 37.5 Å². The monoisotopic (exact) mass is 457 g/mol. The molecule has 2 aromatic rings. The van der Waals surface area contributed by atoms with E-state index in [4.69, 9.17) is 16.3 Å². The molecule has 11 heteroatoms. The molecule has 2 aliphatic rings. The number of alkyl halides is 3. The molecule has 3 heterocycles. The summed E-state index contributed by atoms with van der Waals surface area (Å²) in [4.78, 5) is 16.6. The van der Waals surface area contributed by atoms with Crippen LogP contribution in [0, 0.1) is 0 Å². The molecule has 2 aliphatic heterocycles. The summed E-state index contributed by atoms with van der Waals surface area (Å²) in [5, 5.41) is 6.99. The van der Waals surface area contributed by atoms with E-state index in [9.17, 15) is 18.0 Å². The largest absolute Gasteiger partial charge is 0.497 e. The molecule has 0 bridgehead atoms. The predicted octanol–water partition coefficient (Wildman–Crippen LogP) is 3.59. The van der Waals surface area contributed by atoms with Gasteiger partial charge in [0.25, 0.3) is 5.91 Å². The Balaban J connectivity index is 1.68. The lowest BCUT2D eigenvalue weighted by Crippen LogP contribution is -2.47. The number of piperazine rings is 1. The van der Waals surface area contributed by atoms with Crippen molar-refractivity contribution in [2.24, 2.45) is 0 Å². The van der Waals surface area contributed by atoms with Crippen LogP contribution in [-0.2, 0) is 0 Å². The van der Waals surface area contributed by atoms with Gasteiger partial charge in [-0.2, -0.15) is 18.3 Å². The van der Waals surface area contributed by atoms with Crippen molar-refractivity contribution in [3.63, 3.8) is 0 Å². The molecule has 1 aromatic heterocycles. The van der Waals surface area contributed by atoms with Crippen molar-refractivity contribution in [1.29, 1.82) is 0 Å². The van der Waals surface area contributed by atoms with Crippen LogP contribution < -0.4 is 10.1 Å². The second-order valence-corrected chi connectivity index (χ2v) is 8.19. The first-order valence-corrected chi connectivity index (χ1v) is 10.3. The van der Waals surface area contributed by atoms with Crippen LogP contribution in [0.15, 0.2) is 24.3 Å². The summed E-state index contributed by atoms with van der Waals surface area (Å²) in [6.07, 6.45) is -4.83. The van der Waals surface area contributed by atoms with Crippen LogP contribution in [0.5, 0.6) is 5.75 Å². The number of benzene rings is 1. The zero-order valence-electron chi connectivity index (χ0n) is 17.1. The molecule has 0 saturated carbocycles. The highest BCUT2D eigenvalue weighted by Crippen LogP contribution is 2.46. The molecule has 1 N–H and O–H groups in total. The third-order valence-corrected chi connectivity index (χ3v) is 6.16. The molecule has 1 aromatic carbocycles. The van der Waals surface area contributed by atoms with Crippen molar-refractivity contribution in [3.8, 4) is 5.75 Å². The molecule has 0 radical (unpaired) electrons. The zero-order valence-corrected chi connectivity index (χ0v) is 17.9. The second-order valence-electron chi connectivity index (χ2n) is 7.81. The van der Waals surface area contributed by atoms with Crippen LogP contribution >= 0.6 is 11.6 Å². The fourth-order valence-electron chi connectivity index (χ4n) is 3.94. The molecule has 7 nitrogen and oxygen atoms in total. The predicted molar refractivity (Wildman–Crippen MR) is 110 cm³/mol. The molecule has 31 heavy (non-hydrogen) atoms. The van der Waals surface area contributed by atoms with E-state index in [2.05, 4.69) is 15.3 Å². The van der Waals surface area contributed by atoms with Gasteiger partial charge in [-0.3, -0.25) is 4.79 Å². The highest BCUT2D eigenvalue weighted by molar-refractivity contribution is 6.36. The molecule has 2 atom stereocenters. The van der Waals surface area contributed by atoms with Crippen molar-refractivity contribution < 1.29 is 22.7 Å². The maximum absolute atomic E-state index is 13.9. The Morgan fingerprint density at radius 1 is 1.19 bits per heavy atom. The van der Waals surface area contributed by atoms with E-state index in [1.54, 1.807) is 29.2 Å². The van der Waals surface area contributed by atoms with E-state index in [0.717, 1.165) is 4.68 Å². The standard InChI is InChI=1S/C20H23ClF3N5O2/c1-27-7-9-28(10-8-27)19(30)17-16(21)18-25-14(12-3-5-13(31-2)6-4-12)11-15(20(22,23)24)29(18)26-17/h3-6,14-15,25H,7-11H2,1-2H3/t14-,15-/m1/s1. The quantitative estimate of drug-likeness (QED) is 0.763. The number of nitrogens with zero attached hydrogens (tertiary/aromatic N) is 4. The molecule has 0 unspecified atom stereocenters. The molecule has 1 amide bonds. The number of carbonyl (C=O) groups is 1. The normalized spacial score (nSPS) is 22.1. The van der Waals surface area contributed by atoms with E-state index in [1.807, 2.05) is 7.05 Å². The molecule has 168 valence electrons. The number of halogens is 4. The van der Waals surface area contributed by atoms with Gasteiger partial charge in [0.2, 0.25) is 0 Å². The van der Waals surface area contributed by atoms with Crippen LogP contribution in [0.2, 0.25) is 5.02 Å². The van der Waals surface area contributed by atoms with Gasteiger partial charge in [-0.1, -0.05) is 23.7 Å². The third kappa shape index (κ3) is 4.18. The molecular weight excluding hydrogens is 435 g/mol. The van der Waals surface area contributed by atoms with Crippen LogP contribution in [0.25, 0.3) is 0 Å². The van der Waals surface area contributed by atoms with Gasteiger partial charge in [-0.15, -0.1) is 0 Å². The number of amides is 1. The van der Waals surface area contributed by atoms with Crippen molar-refractivity contribution in [3.05, 3.63) is 40.5 Å². The highest BCUT2D eigenvalue weighted by Gasteiger charge is 2.48. The summed E-state index contributed by atoms with van der Waals surface area (Å²) < 4.78 is 47.7. The highest BCUT2D eigenvalue weighted by atomic mass is 35.5. The first-order chi connectivity index (χ1) is 14.7. The number of ether oxygens (including phenoxy) is 1. The Bertz CT molecular complexity index is 955. The number of fused-ring (bicyclic) bond motifs is 1. The summed E-state index contributed by atoms with van der Waals surface area (Å²) in [5.41, 5.74) is 0.504. The van der Waals surface area contributed by atoms with Gasteiger partial charge < -0.3 is 19.9 Å². The molecule has 1 saturated heterocycles. The van der Waals surface area contributed by atoms with Gasteiger partial charge >= 0.3 is 6.18 Å². The molecule has 0 aliphatic carbocycles.